The van der Waals surface area contributed by atoms with Crippen LogP contribution in [0.3, 0.4) is 0 Å². The lowest BCUT2D eigenvalue weighted by Gasteiger charge is -2.23. The van der Waals surface area contributed by atoms with E-state index in [1.54, 1.807) is 13.8 Å². The van der Waals surface area contributed by atoms with E-state index in [-0.39, 0.29) is 20.0 Å². The molecule has 1 nitrogen and oxygen atoms in total. The molecule has 0 spiro atoms. The topological polar surface area (TPSA) is 17.1 Å². The third-order valence-corrected chi connectivity index (χ3v) is 4.55. The van der Waals surface area contributed by atoms with Gasteiger partial charge in [-0.1, -0.05) is 34.1 Å². The van der Waals surface area contributed by atoms with Crippen LogP contribution in [0.1, 0.15) is 41.0 Å². The normalized spacial score (nSPS) is 18.8. The average Bonchev–Trinajstić information content (AvgIpc) is 2.12. The van der Waals surface area contributed by atoms with Crippen molar-refractivity contribution in [3.8, 4) is 0 Å². The molecule has 0 aliphatic rings. The van der Waals surface area contributed by atoms with Crippen LogP contribution in [0.4, 0.5) is 4.39 Å². The number of hydrogen-bond donors (Lipinski definition) is 0. The number of carbonyl (C=O) groups is 1. The maximum absolute atomic E-state index is 13.8. The Hall–Kier alpha value is 0.0300. The Bertz CT molecular complexity index is 190. The van der Waals surface area contributed by atoms with Crippen molar-refractivity contribution in [2.24, 2.45) is 11.8 Å². The Labute approximate surface area is 88.6 Å². The highest BCUT2D eigenvalue weighted by atomic mass is 31.1. The lowest BCUT2D eigenvalue weighted by atomic mass is 9.96. The summed E-state index contributed by atoms with van der Waals surface area (Å²) in [6, 6.07) is 0. The summed E-state index contributed by atoms with van der Waals surface area (Å²) < 4.78 is 13.8. The van der Waals surface area contributed by atoms with Crippen molar-refractivity contribution in [3.63, 3.8) is 0 Å². The van der Waals surface area contributed by atoms with Gasteiger partial charge in [-0.2, -0.15) is 0 Å². The van der Waals surface area contributed by atoms with Crippen molar-refractivity contribution in [1.29, 1.82) is 0 Å². The first kappa shape index (κ1) is 14.0. The van der Waals surface area contributed by atoms with Gasteiger partial charge in [0.25, 0.3) is 0 Å². The Morgan fingerprint density at radius 1 is 1.43 bits per heavy atom. The monoisotopic (exact) mass is 220 g/mol. The van der Waals surface area contributed by atoms with E-state index < -0.39 is 5.67 Å². The molecule has 0 heterocycles. The second-order valence-corrected chi connectivity index (χ2v) is 5.67. The van der Waals surface area contributed by atoms with Gasteiger partial charge in [0.05, 0.1) is 0 Å². The molecule has 0 aliphatic heterocycles. The van der Waals surface area contributed by atoms with E-state index >= 15 is 0 Å². The summed E-state index contributed by atoms with van der Waals surface area (Å²) in [4.78, 5) is 11.6. The summed E-state index contributed by atoms with van der Waals surface area (Å²) in [6.45, 7) is 9.11. The fourth-order valence-electron chi connectivity index (χ4n) is 0.846. The molecule has 0 N–H and O–H groups in total. The molecule has 0 fully saturated rings. The van der Waals surface area contributed by atoms with Gasteiger partial charge < -0.3 is 0 Å². The lowest BCUT2D eigenvalue weighted by Crippen LogP contribution is -2.33. The highest BCUT2D eigenvalue weighted by Gasteiger charge is 2.35. The Balaban J connectivity index is 4.08. The molecule has 3 unspecified atom stereocenters. The molecule has 0 aromatic carbocycles. The second kappa shape index (κ2) is 5.80. The molecule has 0 aromatic rings. The van der Waals surface area contributed by atoms with Crippen molar-refractivity contribution in [2.45, 2.75) is 46.7 Å². The Kier molecular flexibility index (Phi) is 5.81. The smallest absolute Gasteiger partial charge is 0.188 e. The number of carbonyl (C=O) groups excluding carboxylic acids is 1. The minimum absolute atomic E-state index is 0.123. The molecule has 0 aromatic heterocycles. The van der Waals surface area contributed by atoms with Gasteiger partial charge in [0.15, 0.2) is 11.2 Å². The Morgan fingerprint density at radius 2 is 1.93 bits per heavy atom. The van der Waals surface area contributed by atoms with Gasteiger partial charge >= 0.3 is 0 Å². The van der Waals surface area contributed by atoms with E-state index in [4.69, 9.17) is 0 Å². The zero-order valence-corrected chi connectivity index (χ0v) is 10.9. The van der Waals surface area contributed by atoms with E-state index in [1.165, 1.54) is 6.92 Å². The quantitative estimate of drug-likeness (QED) is 0.625. The van der Waals surface area contributed by atoms with Crippen LogP contribution in [-0.4, -0.2) is 17.4 Å². The SMILES string of the molecule is CCC(C)CPC(=O)C(C)(F)C(C)C. The first-order valence-corrected chi connectivity index (χ1v) is 6.50. The van der Waals surface area contributed by atoms with Gasteiger partial charge in [-0.25, -0.2) is 4.39 Å². The summed E-state index contributed by atoms with van der Waals surface area (Å²) in [5.74, 6) is 0.305. The molecule has 14 heavy (non-hydrogen) atoms. The van der Waals surface area contributed by atoms with E-state index in [0.29, 0.717) is 5.92 Å². The molecule has 0 aliphatic carbocycles. The van der Waals surface area contributed by atoms with Crippen LogP contribution in [-0.2, 0) is 4.79 Å². The molecule has 0 amide bonds. The zero-order valence-electron chi connectivity index (χ0n) is 9.86. The van der Waals surface area contributed by atoms with Crippen molar-refractivity contribution in [3.05, 3.63) is 0 Å². The molecular formula is C11H22FOP. The van der Waals surface area contributed by atoms with E-state index in [9.17, 15) is 9.18 Å². The van der Waals surface area contributed by atoms with Crippen molar-refractivity contribution >= 4 is 14.1 Å². The van der Waals surface area contributed by atoms with Crippen LogP contribution < -0.4 is 0 Å². The van der Waals surface area contributed by atoms with Gasteiger partial charge in [0, 0.05) is 0 Å². The van der Waals surface area contributed by atoms with Crippen LogP contribution in [0, 0.1) is 11.8 Å². The number of rotatable bonds is 6. The minimum atomic E-state index is -1.63. The molecule has 0 saturated heterocycles. The van der Waals surface area contributed by atoms with Crippen molar-refractivity contribution in [1.82, 2.24) is 0 Å². The van der Waals surface area contributed by atoms with Gasteiger partial charge in [-0.3, -0.25) is 4.79 Å². The van der Waals surface area contributed by atoms with Crippen LogP contribution in [0.15, 0.2) is 0 Å². The third kappa shape index (κ3) is 4.04. The third-order valence-electron chi connectivity index (χ3n) is 2.84. The van der Waals surface area contributed by atoms with Gasteiger partial charge in [-0.05, 0) is 33.5 Å². The Morgan fingerprint density at radius 3 is 2.29 bits per heavy atom. The van der Waals surface area contributed by atoms with E-state index in [0.717, 1.165) is 12.6 Å². The van der Waals surface area contributed by atoms with Crippen LogP contribution in [0.2, 0.25) is 0 Å². The number of halogens is 1. The maximum Gasteiger partial charge on any atom is 0.188 e. The molecule has 0 rings (SSSR count). The summed E-state index contributed by atoms with van der Waals surface area (Å²) in [6.07, 6.45) is 1.90. The van der Waals surface area contributed by atoms with Crippen molar-refractivity contribution in [2.75, 3.05) is 6.16 Å². The highest BCUT2D eigenvalue weighted by Crippen LogP contribution is 2.32. The molecule has 3 atom stereocenters. The summed E-state index contributed by atoms with van der Waals surface area (Å²) in [5.41, 5.74) is -1.85. The molecule has 84 valence electrons. The van der Waals surface area contributed by atoms with E-state index in [2.05, 4.69) is 13.8 Å². The summed E-state index contributed by atoms with van der Waals surface area (Å²) in [5, 5.41) is 0. The predicted molar refractivity (Wildman–Crippen MR) is 62.0 cm³/mol. The fourth-order valence-corrected chi connectivity index (χ4v) is 2.30. The summed E-state index contributed by atoms with van der Waals surface area (Å²) >= 11 is 0. The number of alkyl halides is 1. The number of hydrogen-bond acceptors (Lipinski definition) is 1. The zero-order chi connectivity index (χ0) is 11.4. The molecule has 0 bridgehead atoms. The van der Waals surface area contributed by atoms with E-state index in [1.807, 2.05) is 0 Å². The summed E-state index contributed by atoms with van der Waals surface area (Å²) in [7, 11) is 0.123. The molecule has 0 radical (unpaired) electrons. The second-order valence-electron chi connectivity index (χ2n) is 4.45. The molecule has 0 saturated carbocycles. The van der Waals surface area contributed by atoms with Crippen LogP contribution in [0.5, 0.6) is 0 Å². The largest absolute Gasteiger partial charge is 0.291 e. The average molecular weight is 220 g/mol. The van der Waals surface area contributed by atoms with Crippen LogP contribution >= 0.6 is 8.58 Å². The minimum Gasteiger partial charge on any atom is -0.291 e. The molecular weight excluding hydrogens is 198 g/mol. The van der Waals surface area contributed by atoms with Crippen molar-refractivity contribution < 1.29 is 9.18 Å². The van der Waals surface area contributed by atoms with Gasteiger partial charge in [0.1, 0.15) is 0 Å². The molecule has 3 heteroatoms. The lowest BCUT2D eigenvalue weighted by molar-refractivity contribution is -0.123. The van der Waals surface area contributed by atoms with Gasteiger partial charge in [-0.15, -0.1) is 0 Å². The predicted octanol–water partition coefficient (Wildman–Crippen LogP) is 3.62. The fraction of sp³-hybridized carbons (Fsp3) is 0.909. The first-order chi connectivity index (χ1) is 6.32. The van der Waals surface area contributed by atoms with Crippen LogP contribution in [0.25, 0.3) is 0 Å². The standard InChI is InChI=1S/C11H22FOP/c1-6-9(4)7-14-10(13)11(5,12)8(2)3/h8-9,14H,6-7H2,1-5H3. The maximum atomic E-state index is 13.8. The first-order valence-electron chi connectivity index (χ1n) is 5.29. The van der Waals surface area contributed by atoms with Gasteiger partial charge in [0.2, 0.25) is 0 Å². The highest BCUT2D eigenvalue weighted by molar-refractivity contribution is 7.58.